The summed E-state index contributed by atoms with van der Waals surface area (Å²) in [5.74, 6) is -2.52. The van der Waals surface area contributed by atoms with Crippen LogP contribution < -0.4 is 5.32 Å². The lowest BCUT2D eigenvalue weighted by Gasteiger charge is -2.10. The number of carboxylic acids is 1. The molecule has 10 heteroatoms. The molecule has 0 spiro atoms. The van der Waals surface area contributed by atoms with Gasteiger partial charge >= 0.3 is 5.97 Å². The summed E-state index contributed by atoms with van der Waals surface area (Å²) in [7, 11) is -3.36. The van der Waals surface area contributed by atoms with Crippen LogP contribution in [0.4, 0.5) is 5.69 Å². The highest BCUT2D eigenvalue weighted by atomic mass is 32.2. The third kappa shape index (κ3) is 3.47. The maximum Gasteiger partial charge on any atom is 0.335 e. The van der Waals surface area contributed by atoms with Crippen LogP contribution in [-0.4, -0.2) is 42.1 Å². The number of carbonyl (C=O) groups excluding carboxylic acids is 1. The largest absolute Gasteiger partial charge is 0.478 e. The number of sulfone groups is 1. The molecule has 0 bridgehead atoms. The van der Waals surface area contributed by atoms with Crippen molar-refractivity contribution in [1.82, 2.24) is 5.32 Å². The molecule has 1 atom stereocenters. The number of carboxylic acid groups (broad SMARTS) is 1. The van der Waals surface area contributed by atoms with Crippen LogP contribution in [-0.2, 0) is 9.84 Å². The number of carbonyl (C=O) groups is 2. The highest BCUT2D eigenvalue weighted by Crippen LogP contribution is 2.18. The highest BCUT2D eigenvalue weighted by molar-refractivity contribution is 7.94. The summed E-state index contributed by atoms with van der Waals surface area (Å²) in [5, 5.41) is 23.0. The molecule has 0 radical (unpaired) electrons. The molecule has 2 N–H and O–H groups in total. The van der Waals surface area contributed by atoms with Gasteiger partial charge in [0, 0.05) is 23.1 Å². The predicted molar refractivity (Wildman–Crippen MR) is 74.2 cm³/mol. The van der Waals surface area contributed by atoms with Crippen LogP contribution in [0.2, 0.25) is 0 Å². The van der Waals surface area contributed by atoms with Crippen molar-refractivity contribution < 1.29 is 28.0 Å². The number of amides is 1. The van der Waals surface area contributed by atoms with Gasteiger partial charge in [0.1, 0.15) is 0 Å². The van der Waals surface area contributed by atoms with Crippen molar-refractivity contribution in [3.63, 3.8) is 0 Å². The van der Waals surface area contributed by atoms with Crippen molar-refractivity contribution in [3.05, 3.63) is 50.9 Å². The highest BCUT2D eigenvalue weighted by Gasteiger charge is 2.24. The minimum Gasteiger partial charge on any atom is -0.478 e. The van der Waals surface area contributed by atoms with E-state index in [2.05, 4.69) is 5.32 Å². The van der Waals surface area contributed by atoms with Gasteiger partial charge in [-0.25, -0.2) is 13.2 Å². The SMILES string of the molecule is O=C(O)c1cc(C(=O)NC2C=CS(=O)(=O)C2)cc([N+](=O)[O-])c1. The Labute approximate surface area is 124 Å². The Balaban J connectivity index is 2.28. The number of nitrogens with one attached hydrogen (secondary N) is 1. The fourth-order valence-electron chi connectivity index (χ4n) is 1.89. The first-order chi connectivity index (χ1) is 10.2. The summed E-state index contributed by atoms with van der Waals surface area (Å²) >= 11 is 0. The van der Waals surface area contributed by atoms with E-state index in [0.717, 1.165) is 23.6 Å². The number of benzene rings is 1. The first kappa shape index (κ1) is 15.6. The first-order valence-electron chi connectivity index (χ1n) is 5.92. The molecule has 1 aliphatic heterocycles. The fourth-order valence-corrected chi connectivity index (χ4v) is 3.12. The second-order valence-corrected chi connectivity index (χ2v) is 6.50. The number of hydrogen-bond donors (Lipinski definition) is 2. The van der Waals surface area contributed by atoms with Gasteiger partial charge in [-0.05, 0) is 12.1 Å². The van der Waals surface area contributed by atoms with Gasteiger partial charge in [-0.2, -0.15) is 0 Å². The van der Waals surface area contributed by atoms with Crippen LogP contribution in [0.1, 0.15) is 20.7 Å². The molecule has 0 aliphatic carbocycles. The maximum atomic E-state index is 12.0. The van der Waals surface area contributed by atoms with E-state index in [1.165, 1.54) is 6.08 Å². The lowest BCUT2D eigenvalue weighted by molar-refractivity contribution is -0.384. The third-order valence-corrected chi connectivity index (χ3v) is 4.28. The Morgan fingerprint density at radius 1 is 1.27 bits per heavy atom. The monoisotopic (exact) mass is 326 g/mol. The Hall–Kier alpha value is -2.75. The summed E-state index contributed by atoms with van der Waals surface area (Å²) in [6.45, 7) is 0. The van der Waals surface area contributed by atoms with Gasteiger partial charge in [-0.1, -0.05) is 0 Å². The second-order valence-electron chi connectivity index (χ2n) is 4.57. The number of hydrogen-bond acceptors (Lipinski definition) is 6. The summed E-state index contributed by atoms with van der Waals surface area (Å²) in [6, 6.07) is 1.98. The standard InChI is InChI=1S/C12H10N2O7S/c15-11(13-9-1-2-22(20,21)6-9)7-3-8(12(16)17)5-10(4-7)14(18)19/h1-5,9H,6H2,(H,13,15)(H,16,17). The Morgan fingerprint density at radius 3 is 2.41 bits per heavy atom. The average Bonchev–Trinajstić information content (AvgIpc) is 2.77. The van der Waals surface area contributed by atoms with Crippen molar-refractivity contribution in [2.45, 2.75) is 6.04 Å². The minimum absolute atomic E-state index is 0.232. The van der Waals surface area contributed by atoms with Gasteiger partial charge in [0.15, 0.2) is 9.84 Å². The number of aromatic carboxylic acids is 1. The summed E-state index contributed by atoms with van der Waals surface area (Å²) in [5.41, 5.74) is -1.18. The Kier molecular flexibility index (Phi) is 3.95. The van der Waals surface area contributed by atoms with Gasteiger partial charge < -0.3 is 10.4 Å². The molecular formula is C12H10N2O7S. The molecule has 9 nitrogen and oxygen atoms in total. The lowest BCUT2D eigenvalue weighted by atomic mass is 10.1. The summed E-state index contributed by atoms with van der Waals surface area (Å²) in [6.07, 6.45) is 1.28. The van der Waals surface area contributed by atoms with Gasteiger partial charge in [0.2, 0.25) is 0 Å². The molecule has 0 fully saturated rings. The molecule has 1 aromatic rings. The summed E-state index contributed by atoms with van der Waals surface area (Å²) < 4.78 is 22.5. The molecule has 0 aromatic heterocycles. The van der Waals surface area contributed by atoms with Crippen molar-refractivity contribution >= 4 is 27.4 Å². The van der Waals surface area contributed by atoms with Crippen molar-refractivity contribution in [3.8, 4) is 0 Å². The van der Waals surface area contributed by atoms with Crippen LogP contribution in [0.3, 0.4) is 0 Å². The normalized spacial score (nSPS) is 18.8. The molecule has 1 aromatic carbocycles. The van der Waals surface area contributed by atoms with Crippen molar-refractivity contribution in [1.29, 1.82) is 0 Å². The van der Waals surface area contributed by atoms with Gasteiger partial charge in [-0.3, -0.25) is 14.9 Å². The van der Waals surface area contributed by atoms with Gasteiger partial charge in [0.05, 0.1) is 22.3 Å². The number of nitro groups is 1. The van der Waals surface area contributed by atoms with Crippen molar-refractivity contribution in [2.75, 3.05) is 5.75 Å². The van der Waals surface area contributed by atoms with E-state index in [9.17, 15) is 28.1 Å². The maximum absolute atomic E-state index is 12.0. The second kappa shape index (κ2) is 5.56. The van der Waals surface area contributed by atoms with Crippen LogP contribution >= 0.6 is 0 Å². The molecule has 1 aliphatic rings. The predicted octanol–water partition coefficient (Wildman–Crippen LogP) is 0.334. The zero-order chi connectivity index (χ0) is 16.5. The molecular weight excluding hydrogens is 316 g/mol. The zero-order valence-corrected chi connectivity index (χ0v) is 11.7. The lowest BCUT2D eigenvalue weighted by Crippen LogP contribution is -2.35. The van der Waals surface area contributed by atoms with E-state index in [-0.39, 0.29) is 11.3 Å². The molecule has 2 rings (SSSR count). The van der Waals surface area contributed by atoms with E-state index >= 15 is 0 Å². The van der Waals surface area contributed by atoms with E-state index in [4.69, 9.17) is 5.11 Å². The molecule has 1 unspecified atom stereocenters. The van der Waals surface area contributed by atoms with Gasteiger partial charge in [0.25, 0.3) is 11.6 Å². The fraction of sp³-hybridized carbons (Fsp3) is 0.167. The molecule has 1 amide bonds. The number of rotatable bonds is 4. The van der Waals surface area contributed by atoms with Crippen LogP contribution in [0, 0.1) is 10.1 Å². The molecule has 1 heterocycles. The number of nitrogens with zero attached hydrogens (tertiary/aromatic N) is 1. The number of non-ortho nitro benzene ring substituents is 1. The topological polar surface area (TPSA) is 144 Å². The Morgan fingerprint density at radius 2 is 1.91 bits per heavy atom. The third-order valence-electron chi connectivity index (χ3n) is 2.88. The molecule has 0 saturated heterocycles. The molecule has 0 saturated carbocycles. The molecule has 116 valence electrons. The van der Waals surface area contributed by atoms with Crippen LogP contribution in [0.25, 0.3) is 0 Å². The Bertz CT molecular complexity index is 765. The van der Waals surface area contributed by atoms with Gasteiger partial charge in [-0.15, -0.1) is 0 Å². The first-order valence-corrected chi connectivity index (χ1v) is 7.64. The summed E-state index contributed by atoms with van der Waals surface area (Å²) in [4.78, 5) is 32.9. The number of nitro benzene ring substituents is 1. The quantitative estimate of drug-likeness (QED) is 0.599. The van der Waals surface area contributed by atoms with E-state index < -0.39 is 43.9 Å². The van der Waals surface area contributed by atoms with Crippen LogP contribution in [0.15, 0.2) is 29.7 Å². The van der Waals surface area contributed by atoms with Crippen molar-refractivity contribution in [2.24, 2.45) is 0 Å². The molecule has 22 heavy (non-hydrogen) atoms. The average molecular weight is 326 g/mol. The van der Waals surface area contributed by atoms with E-state index in [1.54, 1.807) is 0 Å². The minimum atomic E-state index is -3.36. The smallest absolute Gasteiger partial charge is 0.335 e. The zero-order valence-electron chi connectivity index (χ0n) is 10.9. The van der Waals surface area contributed by atoms with Crippen LogP contribution in [0.5, 0.6) is 0 Å². The van der Waals surface area contributed by atoms with E-state index in [1.807, 2.05) is 0 Å². The van der Waals surface area contributed by atoms with E-state index in [0.29, 0.717) is 0 Å².